The van der Waals surface area contributed by atoms with E-state index in [0.717, 1.165) is 5.56 Å². The third-order valence-electron chi connectivity index (χ3n) is 6.61. The van der Waals surface area contributed by atoms with Crippen LogP contribution in [0.3, 0.4) is 0 Å². The fourth-order valence-electron chi connectivity index (χ4n) is 5.11. The fraction of sp³-hybridized carbons (Fsp3) is 0.611. The highest BCUT2D eigenvalue weighted by atomic mass is 79.9. The molecule has 174 valence electrons. The summed E-state index contributed by atoms with van der Waals surface area (Å²) in [6.07, 6.45) is -4.06. The molecule has 1 aromatic rings. The number of hydrogen-bond acceptors (Lipinski definition) is 10. The van der Waals surface area contributed by atoms with Gasteiger partial charge in [0.05, 0.1) is 18.8 Å². The predicted molar refractivity (Wildman–Crippen MR) is 118 cm³/mol. The topological polar surface area (TPSA) is 128 Å². The summed E-state index contributed by atoms with van der Waals surface area (Å²) >= 11 is 8.50. The molecule has 1 aromatic carbocycles. The molecule has 11 nitrogen and oxygen atoms in total. The SMILES string of the molecule is O=C1C2NC(Br)N(C3OC4COP(O)(=S)OC4C3O)C2NC2NC(c3ccccc3)CN12. The minimum absolute atomic E-state index is 0.0140. The molecule has 10 atom stereocenters. The second kappa shape index (κ2) is 8.01. The van der Waals surface area contributed by atoms with Gasteiger partial charge in [-0.15, -0.1) is 0 Å². The molecule has 6 rings (SSSR count). The van der Waals surface area contributed by atoms with Crippen LogP contribution in [0.1, 0.15) is 11.6 Å². The van der Waals surface area contributed by atoms with Gasteiger partial charge in [0.2, 0.25) is 5.91 Å². The zero-order valence-corrected chi connectivity index (χ0v) is 19.9. The summed E-state index contributed by atoms with van der Waals surface area (Å²) in [4.78, 5) is 27.0. The molecule has 0 bridgehead atoms. The van der Waals surface area contributed by atoms with Crippen LogP contribution < -0.4 is 16.0 Å². The number of nitrogens with one attached hydrogen (secondary N) is 3. The zero-order valence-electron chi connectivity index (χ0n) is 16.7. The molecule has 10 unspecified atom stereocenters. The molecule has 1 amide bonds. The number of amides is 1. The van der Waals surface area contributed by atoms with Gasteiger partial charge in [-0.3, -0.25) is 25.3 Å². The van der Waals surface area contributed by atoms with E-state index in [-0.39, 0.29) is 24.8 Å². The van der Waals surface area contributed by atoms with E-state index in [9.17, 15) is 14.8 Å². The van der Waals surface area contributed by atoms with Crippen molar-refractivity contribution < 1.29 is 28.6 Å². The summed E-state index contributed by atoms with van der Waals surface area (Å²) in [5.41, 5.74) is 1.11. The Bertz CT molecular complexity index is 965. The first-order valence-electron chi connectivity index (χ1n) is 10.4. The molecule has 5 N–H and O–H groups in total. The number of fused-ring (bicyclic) bond motifs is 3. The van der Waals surface area contributed by atoms with Gasteiger partial charge in [-0.2, -0.15) is 0 Å². The number of carbonyl (C=O) groups is 1. The first-order valence-corrected chi connectivity index (χ1v) is 13.9. The summed E-state index contributed by atoms with van der Waals surface area (Å²) < 4.78 is 16.7. The Morgan fingerprint density at radius 3 is 2.78 bits per heavy atom. The smallest absolute Gasteiger partial charge is 0.325 e. The average Bonchev–Trinajstić information content (AvgIpc) is 3.43. The van der Waals surface area contributed by atoms with Gasteiger partial charge in [-0.25, -0.2) is 4.90 Å². The highest BCUT2D eigenvalue weighted by Crippen LogP contribution is 2.52. The maximum Gasteiger partial charge on any atom is 0.325 e. The van der Waals surface area contributed by atoms with Crippen LogP contribution in [0.5, 0.6) is 0 Å². The Balaban J connectivity index is 1.23. The molecule has 14 heteroatoms. The minimum Gasteiger partial charge on any atom is -0.386 e. The zero-order chi connectivity index (χ0) is 22.2. The molecule has 0 spiro atoms. The number of aliphatic hydroxyl groups is 1. The van der Waals surface area contributed by atoms with Crippen LogP contribution in [0.25, 0.3) is 0 Å². The molecule has 5 aliphatic heterocycles. The minimum atomic E-state index is -3.40. The van der Waals surface area contributed by atoms with E-state index < -0.39 is 48.5 Å². The molecule has 5 heterocycles. The van der Waals surface area contributed by atoms with E-state index in [1.807, 2.05) is 35.2 Å². The van der Waals surface area contributed by atoms with Crippen molar-refractivity contribution in [3.63, 3.8) is 0 Å². The Morgan fingerprint density at radius 1 is 1.22 bits per heavy atom. The van der Waals surface area contributed by atoms with Crippen molar-refractivity contribution in [3.8, 4) is 0 Å². The fourth-order valence-corrected chi connectivity index (χ4v) is 7.33. The van der Waals surface area contributed by atoms with Gasteiger partial charge >= 0.3 is 6.72 Å². The molecule has 0 saturated carbocycles. The van der Waals surface area contributed by atoms with Crippen LogP contribution in [0.2, 0.25) is 0 Å². The van der Waals surface area contributed by atoms with Crippen molar-refractivity contribution >= 4 is 40.4 Å². The highest BCUT2D eigenvalue weighted by Gasteiger charge is 2.60. The highest BCUT2D eigenvalue weighted by molar-refractivity contribution is 9.09. The van der Waals surface area contributed by atoms with Crippen LogP contribution in [0.4, 0.5) is 0 Å². The maximum atomic E-state index is 13.3. The average molecular weight is 548 g/mol. The van der Waals surface area contributed by atoms with Crippen LogP contribution in [-0.2, 0) is 30.4 Å². The molecular weight excluding hydrogens is 525 g/mol. The van der Waals surface area contributed by atoms with Crippen molar-refractivity contribution in [1.29, 1.82) is 0 Å². The standard InChI is InChI=1S/C18H23BrN5O6PS/c19-17-21-11-14(24(17)16-12(25)13-10(29-16)7-28-31(27,32)30-13)22-18-20-9(6-23(18)15(11)26)8-4-2-1-3-5-8/h1-5,9-14,16-18,20-22,25H,6-7H2,(H,27,32). The van der Waals surface area contributed by atoms with E-state index in [4.69, 9.17) is 25.6 Å². The predicted octanol–water partition coefficient (Wildman–Crippen LogP) is -0.957. The lowest BCUT2D eigenvalue weighted by Crippen LogP contribution is -2.70. The number of aliphatic hydroxyl groups excluding tert-OH is 1. The van der Waals surface area contributed by atoms with Crippen LogP contribution in [0.15, 0.2) is 30.3 Å². The van der Waals surface area contributed by atoms with Crippen molar-refractivity contribution in [2.75, 3.05) is 13.2 Å². The quantitative estimate of drug-likeness (QED) is 0.178. The van der Waals surface area contributed by atoms with E-state index in [2.05, 4.69) is 31.9 Å². The van der Waals surface area contributed by atoms with Crippen molar-refractivity contribution in [3.05, 3.63) is 35.9 Å². The third kappa shape index (κ3) is 3.51. The van der Waals surface area contributed by atoms with Gasteiger partial charge in [0.25, 0.3) is 0 Å². The second-order valence-electron chi connectivity index (χ2n) is 8.45. The number of rotatable bonds is 2. The molecule has 0 radical (unpaired) electrons. The monoisotopic (exact) mass is 547 g/mol. The van der Waals surface area contributed by atoms with Crippen LogP contribution in [0, 0.1) is 0 Å². The first kappa shape index (κ1) is 22.0. The van der Waals surface area contributed by atoms with Gasteiger partial charge in [-0.05, 0) is 17.4 Å². The van der Waals surface area contributed by atoms with E-state index in [0.29, 0.717) is 6.54 Å². The molecule has 0 aromatic heterocycles. The van der Waals surface area contributed by atoms with E-state index >= 15 is 0 Å². The van der Waals surface area contributed by atoms with E-state index in [1.165, 1.54) is 0 Å². The number of halogens is 1. The van der Waals surface area contributed by atoms with Crippen molar-refractivity contribution in [1.82, 2.24) is 25.8 Å². The summed E-state index contributed by atoms with van der Waals surface area (Å²) in [5.74, 6) is -0.0352. The number of benzene rings is 1. The van der Waals surface area contributed by atoms with Crippen LogP contribution in [-0.4, -0.2) is 87.0 Å². The van der Waals surface area contributed by atoms with E-state index in [1.54, 1.807) is 4.90 Å². The van der Waals surface area contributed by atoms with Crippen molar-refractivity contribution in [2.45, 2.75) is 54.2 Å². The molecule has 5 aliphatic rings. The number of alkyl halides is 1. The third-order valence-corrected chi connectivity index (χ3v) is 8.90. The molecule has 0 aliphatic carbocycles. The van der Waals surface area contributed by atoms with Crippen molar-refractivity contribution in [2.24, 2.45) is 0 Å². The molecule has 5 saturated heterocycles. The van der Waals surface area contributed by atoms with Crippen LogP contribution >= 0.6 is 22.6 Å². The Kier molecular flexibility index (Phi) is 5.49. The Labute approximate surface area is 197 Å². The molecule has 5 fully saturated rings. The van der Waals surface area contributed by atoms with Gasteiger partial charge in [0.1, 0.15) is 41.9 Å². The summed E-state index contributed by atoms with van der Waals surface area (Å²) in [6.45, 7) is -2.80. The molecular formula is C18H23BrN5O6PS. The number of ether oxygens (including phenoxy) is 1. The lowest BCUT2D eigenvalue weighted by atomic mass is 10.1. The Morgan fingerprint density at radius 2 is 2.00 bits per heavy atom. The number of nitrogens with zero attached hydrogens (tertiary/aromatic N) is 2. The largest absolute Gasteiger partial charge is 0.386 e. The first-order chi connectivity index (χ1) is 15.3. The van der Waals surface area contributed by atoms with Gasteiger partial charge < -0.3 is 24.2 Å². The number of carbonyl (C=O) groups excluding carboxylic acids is 1. The number of hydrogen-bond donors (Lipinski definition) is 5. The lowest BCUT2D eigenvalue weighted by Gasteiger charge is -2.41. The lowest BCUT2D eigenvalue weighted by molar-refractivity contribution is -0.146. The second-order valence-corrected chi connectivity index (χ2v) is 12.1. The Hall–Kier alpha value is -0.540. The summed E-state index contributed by atoms with van der Waals surface area (Å²) in [6, 6.07) is 9.48. The summed E-state index contributed by atoms with van der Waals surface area (Å²) in [5, 5.41) is 20.7. The van der Waals surface area contributed by atoms with Gasteiger partial charge in [0, 0.05) is 6.54 Å². The van der Waals surface area contributed by atoms with Gasteiger partial charge in [-0.1, -0.05) is 46.3 Å². The normalized spacial score (nSPS) is 48.5. The molecule has 32 heavy (non-hydrogen) atoms. The van der Waals surface area contributed by atoms with Gasteiger partial charge in [0.15, 0.2) is 0 Å². The maximum absolute atomic E-state index is 13.3. The summed E-state index contributed by atoms with van der Waals surface area (Å²) in [7, 11) is 0.